The van der Waals surface area contributed by atoms with E-state index in [1.807, 2.05) is 0 Å². The lowest BCUT2D eigenvalue weighted by molar-refractivity contribution is 1.58. The van der Waals surface area contributed by atoms with Gasteiger partial charge in [0.2, 0.25) is 0 Å². The Bertz CT molecular complexity index is 967. The van der Waals surface area contributed by atoms with E-state index in [9.17, 15) is 0 Å². The summed E-state index contributed by atoms with van der Waals surface area (Å²) in [6, 6.07) is 42.2. The summed E-state index contributed by atoms with van der Waals surface area (Å²) in [4.78, 5) is 0. The summed E-state index contributed by atoms with van der Waals surface area (Å²) < 4.78 is 0. The molecule has 0 nitrogen and oxygen atoms in total. The summed E-state index contributed by atoms with van der Waals surface area (Å²) in [6.07, 6.45) is 4.55. The molecule has 0 heterocycles. The molecule has 0 bridgehead atoms. The van der Waals surface area contributed by atoms with Gasteiger partial charge in [0.25, 0.3) is 0 Å². The van der Waals surface area contributed by atoms with E-state index in [4.69, 9.17) is 0 Å². The van der Waals surface area contributed by atoms with E-state index >= 15 is 0 Å². The molecular formula is C28H22. The normalized spacial score (nSPS) is 12.0. The van der Waals surface area contributed by atoms with Gasteiger partial charge < -0.3 is 0 Å². The van der Waals surface area contributed by atoms with Gasteiger partial charge in [-0.15, -0.1) is 0 Å². The molecule has 0 radical (unpaired) electrons. The highest BCUT2D eigenvalue weighted by atomic mass is 14.1. The molecule has 0 N–H and O–H groups in total. The average Bonchev–Trinajstić information content (AvgIpc) is 2.79. The molecule has 4 rings (SSSR count). The third kappa shape index (κ3) is 4.36. The Morgan fingerprint density at radius 1 is 0.357 bits per heavy atom. The van der Waals surface area contributed by atoms with Crippen LogP contribution in [0.3, 0.4) is 0 Å². The standard InChI is InChI=1S/C28H22/c1-5-13-23(14-6-1)21-27(25-17-9-3-10-18-25)28(26-19-11-4-12-20-26)22-24-15-7-2-8-16-24/h1-22H/b27-21-,28-22+. The quantitative estimate of drug-likeness (QED) is 0.256. The largest absolute Gasteiger partial charge is 0.0622 e. The fourth-order valence-electron chi connectivity index (χ4n) is 3.30. The van der Waals surface area contributed by atoms with Crippen LogP contribution in [-0.2, 0) is 0 Å². The van der Waals surface area contributed by atoms with Crippen molar-refractivity contribution in [3.63, 3.8) is 0 Å². The third-order valence-corrected chi connectivity index (χ3v) is 4.68. The van der Waals surface area contributed by atoms with Crippen molar-refractivity contribution < 1.29 is 0 Å². The summed E-state index contributed by atoms with van der Waals surface area (Å²) in [5, 5.41) is 0. The van der Waals surface area contributed by atoms with Gasteiger partial charge >= 0.3 is 0 Å². The Balaban J connectivity index is 1.94. The van der Waals surface area contributed by atoms with Gasteiger partial charge in [0.15, 0.2) is 0 Å². The maximum atomic E-state index is 2.27. The van der Waals surface area contributed by atoms with Crippen LogP contribution in [0.4, 0.5) is 0 Å². The van der Waals surface area contributed by atoms with Crippen molar-refractivity contribution in [2.24, 2.45) is 0 Å². The van der Waals surface area contributed by atoms with Gasteiger partial charge in [-0.2, -0.15) is 0 Å². The fraction of sp³-hybridized carbons (Fsp3) is 0. The molecule has 0 amide bonds. The second-order valence-corrected chi connectivity index (χ2v) is 6.67. The SMILES string of the molecule is C(=C(/C(=C/c1ccccc1)c1ccccc1)c1ccccc1)/c1ccccc1. The smallest absolute Gasteiger partial charge is 0.00992 e. The van der Waals surface area contributed by atoms with E-state index in [2.05, 4.69) is 133 Å². The van der Waals surface area contributed by atoms with Crippen LogP contribution in [-0.4, -0.2) is 0 Å². The van der Waals surface area contributed by atoms with Crippen molar-refractivity contribution in [2.75, 3.05) is 0 Å². The number of allylic oxidation sites excluding steroid dienone is 2. The number of rotatable bonds is 5. The van der Waals surface area contributed by atoms with Crippen LogP contribution < -0.4 is 0 Å². The zero-order valence-electron chi connectivity index (χ0n) is 15.7. The van der Waals surface area contributed by atoms with Crippen LogP contribution in [0.2, 0.25) is 0 Å². The predicted octanol–water partition coefficient (Wildman–Crippen LogP) is 7.47. The van der Waals surface area contributed by atoms with Gasteiger partial charge in [-0.1, -0.05) is 121 Å². The highest BCUT2D eigenvalue weighted by Gasteiger charge is 2.11. The molecule has 0 aliphatic heterocycles. The van der Waals surface area contributed by atoms with Crippen molar-refractivity contribution in [3.05, 3.63) is 144 Å². The number of hydrogen-bond acceptors (Lipinski definition) is 0. The molecule has 0 spiro atoms. The van der Waals surface area contributed by atoms with E-state index < -0.39 is 0 Å². The van der Waals surface area contributed by atoms with Gasteiger partial charge in [0, 0.05) is 0 Å². The summed E-state index contributed by atoms with van der Waals surface area (Å²) in [6.45, 7) is 0. The highest BCUT2D eigenvalue weighted by molar-refractivity contribution is 6.15. The van der Waals surface area contributed by atoms with Gasteiger partial charge in [-0.25, -0.2) is 0 Å². The minimum absolute atomic E-state index is 1.19. The van der Waals surface area contributed by atoms with Gasteiger partial charge in [0.1, 0.15) is 0 Å². The minimum Gasteiger partial charge on any atom is -0.0622 e. The summed E-state index contributed by atoms with van der Waals surface area (Å²) >= 11 is 0. The van der Waals surface area contributed by atoms with E-state index in [0.29, 0.717) is 0 Å². The van der Waals surface area contributed by atoms with Crippen LogP contribution in [0.1, 0.15) is 22.3 Å². The molecule has 4 aromatic rings. The van der Waals surface area contributed by atoms with E-state index in [1.54, 1.807) is 0 Å². The molecule has 0 heteroatoms. The van der Waals surface area contributed by atoms with Crippen molar-refractivity contribution in [1.82, 2.24) is 0 Å². The van der Waals surface area contributed by atoms with E-state index in [1.165, 1.54) is 33.4 Å². The first-order chi connectivity index (χ1) is 13.9. The first-order valence-electron chi connectivity index (χ1n) is 9.55. The van der Waals surface area contributed by atoms with Crippen molar-refractivity contribution in [2.45, 2.75) is 0 Å². The summed E-state index contributed by atoms with van der Waals surface area (Å²) in [5.74, 6) is 0. The molecule has 0 saturated carbocycles. The highest BCUT2D eigenvalue weighted by Crippen LogP contribution is 2.34. The molecule has 28 heavy (non-hydrogen) atoms. The molecular weight excluding hydrogens is 336 g/mol. The number of benzene rings is 4. The van der Waals surface area contributed by atoms with E-state index in [0.717, 1.165) is 0 Å². The van der Waals surface area contributed by atoms with Crippen LogP contribution in [0.5, 0.6) is 0 Å². The van der Waals surface area contributed by atoms with Crippen LogP contribution in [0.15, 0.2) is 121 Å². The van der Waals surface area contributed by atoms with E-state index in [-0.39, 0.29) is 0 Å². The predicted molar refractivity (Wildman–Crippen MR) is 122 cm³/mol. The molecule has 0 aromatic heterocycles. The lowest BCUT2D eigenvalue weighted by atomic mass is 9.89. The monoisotopic (exact) mass is 358 g/mol. The second-order valence-electron chi connectivity index (χ2n) is 6.67. The van der Waals surface area contributed by atoms with Crippen LogP contribution >= 0.6 is 0 Å². The molecule has 134 valence electrons. The lowest BCUT2D eigenvalue weighted by Gasteiger charge is -2.15. The Labute approximate surface area is 167 Å². The molecule has 0 aliphatic rings. The molecule has 0 atom stereocenters. The third-order valence-electron chi connectivity index (χ3n) is 4.68. The summed E-state index contributed by atoms with van der Waals surface area (Å²) in [7, 11) is 0. The Morgan fingerprint density at radius 3 is 0.964 bits per heavy atom. The second kappa shape index (κ2) is 8.83. The molecule has 4 aromatic carbocycles. The average molecular weight is 358 g/mol. The molecule has 0 fully saturated rings. The number of hydrogen-bond donors (Lipinski definition) is 0. The van der Waals surface area contributed by atoms with Crippen molar-refractivity contribution in [1.29, 1.82) is 0 Å². The summed E-state index contributed by atoms with van der Waals surface area (Å²) in [5.41, 5.74) is 7.21. The van der Waals surface area contributed by atoms with Crippen LogP contribution in [0.25, 0.3) is 23.3 Å². The lowest BCUT2D eigenvalue weighted by Crippen LogP contribution is -1.92. The molecule has 0 unspecified atom stereocenters. The molecule has 0 aliphatic carbocycles. The van der Waals surface area contributed by atoms with Gasteiger partial charge in [0.05, 0.1) is 0 Å². The topological polar surface area (TPSA) is 0 Å². The Hall–Kier alpha value is -3.64. The Kier molecular flexibility index (Phi) is 5.60. The zero-order valence-corrected chi connectivity index (χ0v) is 15.7. The first-order valence-corrected chi connectivity index (χ1v) is 9.55. The maximum absolute atomic E-state index is 2.27. The van der Waals surface area contributed by atoms with Gasteiger partial charge in [-0.3, -0.25) is 0 Å². The van der Waals surface area contributed by atoms with Crippen molar-refractivity contribution in [3.8, 4) is 0 Å². The first kappa shape index (κ1) is 17.8. The van der Waals surface area contributed by atoms with Crippen molar-refractivity contribution >= 4 is 23.3 Å². The molecule has 0 saturated heterocycles. The zero-order chi connectivity index (χ0) is 19.0. The maximum Gasteiger partial charge on any atom is -0.00992 e. The van der Waals surface area contributed by atoms with Crippen LogP contribution in [0, 0.1) is 0 Å². The minimum atomic E-state index is 1.19. The fourth-order valence-corrected chi connectivity index (χ4v) is 3.30. The van der Waals surface area contributed by atoms with Gasteiger partial charge in [-0.05, 0) is 45.6 Å². The Morgan fingerprint density at radius 2 is 0.643 bits per heavy atom.